The van der Waals surface area contributed by atoms with Gasteiger partial charge in [-0.2, -0.15) is 0 Å². The fourth-order valence-corrected chi connectivity index (χ4v) is 3.53. The van der Waals surface area contributed by atoms with Crippen LogP contribution >= 0.6 is 11.6 Å². The predicted molar refractivity (Wildman–Crippen MR) is 104 cm³/mol. The first-order valence-electron chi connectivity index (χ1n) is 8.20. The second kappa shape index (κ2) is 8.21. The van der Waals surface area contributed by atoms with Crippen LogP contribution in [-0.4, -0.2) is 20.2 Å². The SMILES string of the molecule is CCC(C)c1ccc(NC(=O)C(C)(C)[S+]([O-])c2ccc(Cl)cc2)nc1. The van der Waals surface area contributed by atoms with Crippen LogP contribution in [0.4, 0.5) is 5.82 Å². The van der Waals surface area contributed by atoms with E-state index in [0.717, 1.165) is 12.0 Å². The molecule has 0 saturated carbocycles. The highest BCUT2D eigenvalue weighted by Gasteiger charge is 2.41. The Morgan fingerprint density at radius 1 is 1.28 bits per heavy atom. The molecule has 134 valence electrons. The van der Waals surface area contributed by atoms with Crippen LogP contribution in [0.1, 0.15) is 45.6 Å². The normalized spacial score (nSPS) is 14.0. The van der Waals surface area contributed by atoms with Crippen molar-refractivity contribution in [2.75, 3.05) is 5.32 Å². The van der Waals surface area contributed by atoms with Gasteiger partial charge in [0.05, 0.1) is 0 Å². The van der Waals surface area contributed by atoms with E-state index in [1.165, 1.54) is 0 Å². The van der Waals surface area contributed by atoms with Crippen molar-refractivity contribution in [1.82, 2.24) is 4.98 Å². The smallest absolute Gasteiger partial charge is 0.281 e. The molecule has 0 aliphatic rings. The van der Waals surface area contributed by atoms with Gasteiger partial charge in [-0.3, -0.25) is 4.79 Å². The number of amides is 1. The standard InChI is InChI=1S/C19H23ClN2O2S/c1-5-13(2)14-6-11-17(21-12-14)22-18(23)19(3,4)25(24)16-9-7-15(20)8-10-16/h6-13H,5H2,1-4H3,(H,21,22,23). The summed E-state index contributed by atoms with van der Waals surface area (Å²) >= 11 is 4.34. The van der Waals surface area contributed by atoms with Crippen molar-refractivity contribution in [3.8, 4) is 0 Å². The summed E-state index contributed by atoms with van der Waals surface area (Å²) < 4.78 is 11.7. The number of halogens is 1. The molecular weight excluding hydrogens is 356 g/mol. The number of nitrogens with zero attached hydrogens (tertiary/aromatic N) is 1. The third kappa shape index (κ3) is 4.75. The molecule has 2 atom stereocenters. The zero-order valence-corrected chi connectivity index (χ0v) is 16.4. The van der Waals surface area contributed by atoms with E-state index in [1.807, 2.05) is 6.07 Å². The molecule has 0 saturated heterocycles. The molecule has 0 aliphatic carbocycles. The fourth-order valence-electron chi connectivity index (χ4n) is 2.21. The average molecular weight is 379 g/mol. The first kappa shape index (κ1) is 19.8. The van der Waals surface area contributed by atoms with E-state index in [2.05, 4.69) is 24.1 Å². The Hall–Kier alpha value is -1.56. The first-order valence-corrected chi connectivity index (χ1v) is 9.73. The van der Waals surface area contributed by atoms with E-state index in [-0.39, 0.29) is 5.91 Å². The molecule has 0 radical (unpaired) electrons. The molecule has 1 N–H and O–H groups in total. The van der Waals surface area contributed by atoms with Gasteiger partial charge < -0.3 is 9.87 Å². The number of aromatic nitrogens is 1. The van der Waals surface area contributed by atoms with Crippen molar-refractivity contribution in [1.29, 1.82) is 0 Å². The molecular formula is C19H23ClN2O2S. The van der Waals surface area contributed by atoms with Crippen molar-refractivity contribution in [3.63, 3.8) is 0 Å². The van der Waals surface area contributed by atoms with Crippen LogP contribution < -0.4 is 5.32 Å². The highest BCUT2D eigenvalue weighted by molar-refractivity contribution is 7.93. The molecule has 2 rings (SSSR count). The molecule has 1 amide bonds. The van der Waals surface area contributed by atoms with Crippen molar-refractivity contribution in [3.05, 3.63) is 53.2 Å². The van der Waals surface area contributed by atoms with E-state index in [4.69, 9.17) is 11.6 Å². The number of anilines is 1. The third-order valence-corrected chi connectivity index (χ3v) is 6.31. The molecule has 1 aromatic heterocycles. The van der Waals surface area contributed by atoms with Gasteiger partial charge in [0, 0.05) is 22.4 Å². The number of hydrogen-bond donors (Lipinski definition) is 1. The molecule has 0 fully saturated rings. The maximum atomic E-state index is 12.8. The Morgan fingerprint density at radius 2 is 1.92 bits per heavy atom. The summed E-state index contributed by atoms with van der Waals surface area (Å²) in [4.78, 5) is 17.5. The summed E-state index contributed by atoms with van der Waals surface area (Å²) in [5.74, 6) is 0.536. The molecule has 0 bridgehead atoms. The van der Waals surface area contributed by atoms with E-state index in [0.29, 0.717) is 21.7 Å². The number of benzene rings is 1. The predicted octanol–water partition coefficient (Wildman–Crippen LogP) is 4.77. The molecule has 25 heavy (non-hydrogen) atoms. The molecule has 0 aliphatic heterocycles. The topological polar surface area (TPSA) is 65.0 Å². The van der Waals surface area contributed by atoms with Crippen LogP contribution in [0.25, 0.3) is 0 Å². The molecule has 6 heteroatoms. The summed E-state index contributed by atoms with van der Waals surface area (Å²) in [5.41, 5.74) is 1.13. The Bertz CT molecular complexity index is 717. The Balaban J connectivity index is 2.11. The molecule has 1 heterocycles. The fraction of sp³-hybridized carbons (Fsp3) is 0.368. The number of pyridine rings is 1. The number of rotatable bonds is 6. The Morgan fingerprint density at radius 3 is 2.44 bits per heavy atom. The van der Waals surface area contributed by atoms with Gasteiger partial charge in [-0.05, 0) is 62.1 Å². The van der Waals surface area contributed by atoms with Gasteiger partial charge in [0.1, 0.15) is 5.82 Å². The quantitative estimate of drug-likeness (QED) is 0.736. The highest BCUT2D eigenvalue weighted by Crippen LogP contribution is 2.28. The summed E-state index contributed by atoms with van der Waals surface area (Å²) in [5, 5.41) is 3.32. The minimum Gasteiger partial charge on any atom is -0.611 e. The monoisotopic (exact) mass is 378 g/mol. The van der Waals surface area contributed by atoms with E-state index >= 15 is 0 Å². The lowest BCUT2D eigenvalue weighted by atomic mass is 10.0. The number of nitrogens with one attached hydrogen (secondary N) is 1. The lowest BCUT2D eigenvalue weighted by molar-refractivity contribution is -0.117. The van der Waals surface area contributed by atoms with Crippen LogP contribution in [0, 0.1) is 0 Å². The van der Waals surface area contributed by atoms with E-state index in [1.54, 1.807) is 50.4 Å². The van der Waals surface area contributed by atoms with Gasteiger partial charge in [-0.25, -0.2) is 4.98 Å². The number of carbonyl (C=O) groups is 1. The van der Waals surface area contributed by atoms with Crippen LogP contribution in [-0.2, 0) is 16.0 Å². The number of carbonyl (C=O) groups excluding carboxylic acids is 1. The van der Waals surface area contributed by atoms with Gasteiger partial charge in [0.2, 0.25) is 4.75 Å². The second-order valence-electron chi connectivity index (χ2n) is 6.47. The van der Waals surface area contributed by atoms with Crippen LogP contribution in [0.3, 0.4) is 0 Å². The third-order valence-electron chi connectivity index (χ3n) is 4.25. The van der Waals surface area contributed by atoms with E-state index in [9.17, 15) is 9.35 Å². The van der Waals surface area contributed by atoms with Crippen molar-refractivity contribution < 1.29 is 9.35 Å². The molecule has 2 unspecified atom stereocenters. The number of hydrogen-bond acceptors (Lipinski definition) is 3. The van der Waals surface area contributed by atoms with Crippen LogP contribution in [0.15, 0.2) is 47.5 Å². The summed E-state index contributed by atoms with van der Waals surface area (Å²) in [7, 11) is 0. The van der Waals surface area contributed by atoms with Gasteiger partial charge in [-0.15, -0.1) is 0 Å². The second-order valence-corrected chi connectivity index (χ2v) is 8.94. The lowest BCUT2D eigenvalue weighted by Gasteiger charge is -2.26. The van der Waals surface area contributed by atoms with Crippen LogP contribution in [0.2, 0.25) is 5.02 Å². The Kier molecular flexibility index (Phi) is 6.49. The molecule has 2 aromatic rings. The zero-order chi connectivity index (χ0) is 18.6. The van der Waals surface area contributed by atoms with Crippen molar-refractivity contribution in [2.24, 2.45) is 0 Å². The minimum atomic E-state index is -1.52. The van der Waals surface area contributed by atoms with Crippen LogP contribution in [0.5, 0.6) is 0 Å². The first-order chi connectivity index (χ1) is 11.8. The minimum absolute atomic E-state index is 0.343. The summed E-state index contributed by atoms with van der Waals surface area (Å²) in [6.07, 6.45) is 2.80. The van der Waals surface area contributed by atoms with Crippen molar-refractivity contribution in [2.45, 2.75) is 49.7 Å². The maximum absolute atomic E-state index is 12.8. The summed E-state index contributed by atoms with van der Waals surface area (Å²) in [6, 6.07) is 10.4. The maximum Gasteiger partial charge on any atom is 0.281 e. The Labute approximate surface area is 157 Å². The molecule has 4 nitrogen and oxygen atoms in total. The van der Waals surface area contributed by atoms with Gasteiger partial charge >= 0.3 is 0 Å². The van der Waals surface area contributed by atoms with Gasteiger partial charge in [0.15, 0.2) is 4.90 Å². The molecule has 1 aromatic carbocycles. The lowest BCUT2D eigenvalue weighted by Crippen LogP contribution is -2.44. The summed E-state index contributed by atoms with van der Waals surface area (Å²) in [6.45, 7) is 7.56. The molecule has 0 spiro atoms. The highest BCUT2D eigenvalue weighted by atomic mass is 35.5. The van der Waals surface area contributed by atoms with E-state index < -0.39 is 15.9 Å². The van der Waals surface area contributed by atoms with Crippen molar-refractivity contribution >= 4 is 34.5 Å². The average Bonchev–Trinajstić information content (AvgIpc) is 2.61. The largest absolute Gasteiger partial charge is 0.611 e. The zero-order valence-electron chi connectivity index (χ0n) is 14.9. The van der Waals surface area contributed by atoms with Gasteiger partial charge in [0.25, 0.3) is 5.91 Å². The van der Waals surface area contributed by atoms with Gasteiger partial charge in [-0.1, -0.05) is 31.5 Å².